The molecule has 0 aromatic carbocycles. The van der Waals surface area contributed by atoms with Crippen LogP contribution in [0.3, 0.4) is 0 Å². The Balaban J connectivity index is 1.52. The van der Waals surface area contributed by atoms with Gasteiger partial charge in [0.15, 0.2) is 5.78 Å². The molecule has 6 heteroatoms. The maximum Gasteiger partial charge on any atom is 0.236 e. The zero-order valence-electron chi connectivity index (χ0n) is 16.5. The molecule has 2 amide bonds. The maximum absolute atomic E-state index is 13.0. The number of carbonyl (C=O) groups is 3. The summed E-state index contributed by atoms with van der Waals surface area (Å²) in [7, 11) is 0. The van der Waals surface area contributed by atoms with Gasteiger partial charge in [-0.15, -0.1) is 0 Å². The van der Waals surface area contributed by atoms with Gasteiger partial charge in [0.2, 0.25) is 11.8 Å². The quantitative estimate of drug-likeness (QED) is 0.585. The molecule has 0 bridgehead atoms. The van der Waals surface area contributed by atoms with Crippen LogP contribution in [-0.2, 0) is 16.1 Å². The summed E-state index contributed by atoms with van der Waals surface area (Å²) >= 11 is 0. The molecule has 2 fully saturated rings. The van der Waals surface area contributed by atoms with Crippen LogP contribution in [0.5, 0.6) is 0 Å². The van der Waals surface area contributed by atoms with E-state index in [1.807, 2.05) is 36.6 Å². The van der Waals surface area contributed by atoms with Crippen LogP contribution in [0.2, 0.25) is 0 Å². The molecular formula is C22H26N2O4. The van der Waals surface area contributed by atoms with Crippen LogP contribution >= 0.6 is 0 Å². The van der Waals surface area contributed by atoms with Gasteiger partial charge in [0.05, 0.1) is 24.8 Å². The third-order valence-corrected chi connectivity index (χ3v) is 6.37. The first kappa shape index (κ1) is 18.7. The van der Waals surface area contributed by atoms with E-state index < -0.39 is 5.41 Å². The average molecular weight is 382 g/mol. The van der Waals surface area contributed by atoms with Gasteiger partial charge in [0.25, 0.3) is 0 Å². The van der Waals surface area contributed by atoms with Crippen molar-refractivity contribution in [3.8, 4) is 0 Å². The molecule has 1 aliphatic heterocycles. The second kappa shape index (κ2) is 7.08. The SMILES string of the molecule is Cc1cc(C(=O)CN2C(=O)CC3(CCCCC3)C2=O)c(C)n1Cc1ccco1. The van der Waals surface area contributed by atoms with Gasteiger partial charge >= 0.3 is 0 Å². The van der Waals surface area contributed by atoms with E-state index in [0.29, 0.717) is 12.1 Å². The lowest BCUT2D eigenvalue weighted by atomic mass is 9.73. The van der Waals surface area contributed by atoms with Crippen molar-refractivity contribution in [2.75, 3.05) is 6.54 Å². The van der Waals surface area contributed by atoms with Gasteiger partial charge in [0, 0.05) is 23.4 Å². The van der Waals surface area contributed by atoms with Crippen LogP contribution in [0.4, 0.5) is 0 Å². The van der Waals surface area contributed by atoms with Gasteiger partial charge in [-0.25, -0.2) is 0 Å². The Labute approximate surface area is 164 Å². The smallest absolute Gasteiger partial charge is 0.236 e. The number of likely N-dealkylation sites (tertiary alicyclic amines) is 1. The Morgan fingerprint density at radius 1 is 1.18 bits per heavy atom. The third kappa shape index (κ3) is 3.11. The van der Waals surface area contributed by atoms with Gasteiger partial charge in [-0.3, -0.25) is 19.3 Å². The highest BCUT2D eigenvalue weighted by Crippen LogP contribution is 2.45. The first-order valence-electron chi connectivity index (χ1n) is 9.98. The molecule has 2 aliphatic rings. The molecule has 0 unspecified atom stereocenters. The van der Waals surface area contributed by atoms with Gasteiger partial charge in [0.1, 0.15) is 5.76 Å². The van der Waals surface area contributed by atoms with E-state index in [-0.39, 0.29) is 30.6 Å². The van der Waals surface area contributed by atoms with E-state index in [2.05, 4.69) is 0 Å². The molecule has 1 aliphatic carbocycles. The van der Waals surface area contributed by atoms with Gasteiger partial charge < -0.3 is 8.98 Å². The summed E-state index contributed by atoms with van der Waals surface area (Å²) in [6, 6.07) is 5.56. The highest BCUT2D eigenvalue weighted by Gasteiger charge is 2.51. The molecule has 1 saturated heterocycles. The van der Waals surface area contributed by atoms with Crippen molar-refractivity contribution < 1.29 is 18.8 Å². The molecule has 4 rings (SSSR count). The molecule has 2 aromatic heterocycles. The number of carbonyl (C=O) groups excluding carboxylic acids is 3. The van der Waals surface area contributed by atoms with Crippen molar-refractivity contribution in [3.05, 3.63) is 47.2 Å². The number of nitrogens with zero attached hydrogens (tertiary/aromatic N) is 2. The van der Waals surface area contributed by atoms with Crippen molar-refractivity contribution in [2.45, 2.75) is 58.9 Å². The number of aryl methyl sites for hydroxylation is 1. The fraction of sp³-hybridized carbons (Fsp3) is 0.500. The minimum Gasteiger partial charge on any atom is -0.467 e. The summed E-state index contributed by atoms with van der Waals surface area (Å²) in [5.74, 6) is 0.276. The number of imide groups is 1. The fourth-order valence-electron chi connectivity index (χ4n) is 4.75. The number of hydrogen-bond acceptors (Lipinski definition) is 4. The van der Waals surface area contributed by atoms with Crippen LogP contribution in [0.25, 0.3) is 0 Å². The lowest BCUT2D eigenvalue weighted by Gasteiger charge is -2.30. The number of hydrogen-bond donors (Lipinski definition) is 0. The molecular weight excluding hydrogens is 356 g/mol. The van der Waals surface area contributed by atoms with Crippen LogP contribution in [0.15, 0.2) is 28.9 Å². The molecule has 6 nitrogen and oxygen atoms in total. The molecule has 0 radical (unpaired) electrons. The predicted octanol–water partition coefficient (Wildman–Crippen LogP) is 3.64. The number of amides is 2. The maximum atomic E-state index is 13.0. The van der Waals surface area contributed by atoms with E-state index in [9.17, 15) is 14.4 Å². The van der Waals surface area contributed by atoms with Crippen LogP contribution in [0.1, 0.15) is 66.0 Å². The van der Waals surface area contributed by atoms with Crippen molar-refractivity contribution in [1.29, 1.82) is 0 Å². The van der Waals surface area contributed by atoms with Crippen molar-refractivity contribution in [2.24, 2.45) is 5.41 Å². The standard InChI is InChI=1S/C22H26N2O4/c1-15-11-18(16(2)23(15)13-17-7-6-10-28-17)19(25)14-24-20(26)12-22(21(24)27)8-4-3-5-9-22/h6-7,10-11H,3-5,8-9,12-14H2,1-2H3. The van der Waals surface area contributed by atoms with E-state index in [0.717, 1.165) is 49.3 Å². The zero-order valence-corrected chi connectivity index (χ0v) is 16.5. The van der Waals surface area contributed by atoms with E-state index in [4.69, 9.17) is 4.42 Å². The molecule has 3 heterocycles. The van der Waals surface area contributed by atoms with Crippen LogP contribution in [-0.4, -0.2) is 33.6 Å². The molecule has 0 N–H and O–H groups in total. The molecule has 1 spiro atoms. The Bertz CT molecular complexity index is 917. The number of Topliss-reactive ketones (excluding diaryl/α,β-unsaturated/α-hetero) is 1. The van der Waals surface area contributed by atoms with Gasteiger partial charge in [-0.1, -0.05) is 19.3 Å². The molecule has 0 atom stereocenters. The minimum absolute atomic E-state index is 0.144. The van der Waals surface area contributed by atoms with Gasteiger partial charge in [-0.05, 0) is 44.9 Å². The van der Waals surface area contributed by atoms with E-state index >= 15 is 0 Å². The third-order valence-electron chi connectivity index (χ3n) is 6.37. The normalized spacial score (nSPS) is 19.0. The second-order valence-corrected chi connectivity index (χ2v) is 8.18. The highest BCUT2D eigenvalue weighted by atomic mass is 16.3. The summed E-state index contributed by atoms with van der Waals surface area (Å²) in [6.07, 6.45) is 6.49. The number of ketones is 1. The molecule has 148 valence electrons. The zero-order chi connectivity index (χ0) is 19.9. The first-order valence-corrected chi connectivity index (χ1v) is 9.98. The highest BCUT2D eigenvalue weighted by molar-refractivity contribution is 6.10. The average Bonchev–Trinajstić information content (AvgIpc) is 3.34. The molecule has 28 heavy (non-hydrogen) atoms. The number of aromatic nitrogens is 1. The molecule has 1 saturated carbocycles. The van der Waals surface area contributed by atoms with E-state index in [1.165, 1.54) is 4.90 Å². The topological polar surface area (TPSA) is 72.5 Å². The Hall–Kier alpha value is -2.63. The summed E-state index contributed by atoms with van der Waals surface area (Å²) < 4.78 is 7.43. The Morgan fingerprint density at radius 2 is 1.93 bits per heavy atom. The summed E-state index contributed by atoms with van der Waals surface area (Å²) in [5, 5.41) is 0. The molecule has 2 aromatic rings. The van der Waals surface area contributed by atoms with Gasteiger partial charge in [-0.2, -0.15) is 0 Å². The second-order valence-electron chi connectivity index (χ2n) is 8.18. The minimum atomic E-state index is -0.550. The summed E-state index contributed by atoms with van der Waals surface area (Å²) in [4.78, 5) is 39.7. The lowest BCUT2D eigenvalue weighted by Crippen LogP contribution is -2.39. The van der Waals surface area contributed by atoms with Crippen molar-refractivity contribution in [3.63, 3.8) is 0 Å². The summed E-state index contributed by atoms with van der Waals surface area (Å²) in [6.45, 7) is 4.21. The van der Waals surface area contributed by atoms with Crippen LogP contribution in [0, 0.1) is 19.3 Å². The number of furan rings is 1. The van der Waals surface area contributed by atoms with Crippen LogP contribution < -0.4 is 0 Å². The predicted molar refractivity (Wildman–Crippen MR) is 103 cm³/mol. The Morgan fingerprint density at radius 3 is 2.61 bits per heavy atom. The van der Waals surface area contributed by atoms with Crippen molar-refractivity contribution in [1.82, 2.24) is 9.47 Å². The summed E-state index contributed by atoms with van der Waals surface area (Å²) in [5.41, 5.74) is 1.78. The first-order chi connectivity index (χ1) is 13.4. The fourth-order valence-corrected chi connectivity index (χ4v) is 4.75. The van der Waals surface area contributed by atoms with Crippen molar-refractivity contribution >= 4 is 17.6 Å². The number of rotatable bonds is 5. The lowest BCUT2D eigenvalue weighted by molar-refractivity contribution is -0.141. The van der Waals surface area contributed by atoms with E-state index in [1.54, 1.807) is 6.26 Å². The Kier molecular flexibility index (Phi) is 4.73. The monoisotopic (exact) mass is 382 g/mol. The largest absolute Gasteiger partial charge is 0.467 e.